The number of fused-ring (bicyclic) bond motifs is 1. The smallest absolute Gasteiger partial charge is 0.137 e. The highest BCUT2D eigenvalue weighted by Gasteiger charge is 2.07. The number of halogens is 2. The summed E-state index contributed by atoms with van der Waals surface area (Å²) in [6.07, 6.45) is 0. The van der Waals surface area contributed by atoms with Crippen LogP contribution in [0.5, 0.6) is 0 Å². The fourth-order valence-corrected chi connectivity index (χ4v) is 2.51. The molecule has 19 heavy (non-hydrogen) atoms. The van der Waals surface area contributed by atoms with Gasteiger partial charge in [-0.25, -0.2) is 4.98 Å². The van der Waals surface area contributed by atoms with Crippen molar-refractivity contribution in [2.75, 3.05) is 0 Å². The molecule has 0 aliphatic heterocycles. The maximum atomic E-state index is 6.29. The molecule has 3 aromatic rings. The molecular weight excluding hydrogens is 277 g/mol. The van der Waals surface area contributed by atoms with Crippen LogP contribution in [0, 0.1) is 0 Å². The van der Waals surface area contributed by atoms with Crippen LogP contribution in [0.4, 0.5) is 0 Å². The molecule has 2 aromatic carbocycles. The van der Waals surface area contributed by atoms with Crippen molar-refractivity contribution in [3.63, 3.8) is 0 Å². The van der Waals surface area contributed by atoms with E-state index in [0.29, 0.717) is 11.0 Å². The first-order valence-electron chi connectivity index (χ1n) is 5.98. The molecule has 0 radical (unpaired) electrons. The van der Waals surface area contributed by atoms with E-state index >= 15 is 0 Å². The lowest BCUT2D eigenvalue weighted by Gasteiger charge is -2.07. The summed E-state index contributed by atoms with van der Waals surface area (Å²) < 4.78 is 0. The normalized spacial score (nSPS) is 10.8. The lowest BCUT2D eigenvalue weighted by Crippen LogP contribution is -1.87. The van der Waals surface area contributed by atoms with Gasteiger partial charge in [-0.3, -0.25) is 0 Å². The number of alkyl halides is 1. The van der Waals surface area contributed by atoms with Crippen LogP contribution in [-0.4, -0.2) is 4.98 Å². The third-order valence-electron chi connectivity index (χ3n) is 3.07. The van der Waals surface area contributed by atoms with Crippen LogP contribution in [0.1, 0.15) is 5.56 Å². The van der Waals surface area contributed by atoms with Gasteiger partial charge in [-0.1, -0.05) is 54.1 Å². The molecule has 3 heteroatoms. The molecule has 0 N–H and O–H groups in total. The van der Waals surface area contributed by atoms with E-state index in [9.17, 15) is 0 Å². The molecule has 3 rings (SSSR count). The van der Waals surface area contributed by atoms with Gasteiger partial charge in [0.15, 0.2) is 0 Å². The molecule has 0 aliphatic rings. The van der Waals surface area contributed by atoms with Crippen LogP contribution in [-0.2, 0) is 5.88 Å². The van der Waals surface area contributed by atoms with Gasteiger partial charge in [0.1, 0.15) is 5.15 Å². The third-order valence-corrected chi connectivity index (χ3v) is 3.67. The topological polar surface area (TPSA) is 12.9 Å². The van der Waals surface area contributed by atoms with Crippen molar-refractivity contribution in [3.05, 3.63) is 65.3 Å². The zero-order valence-corrected chi connectivity index (χ0v) is 11.6. The van der Waals surface area contributed by atoms with E-state index < -0.39 is 0 Å². The van der Waals surface area contributed by atoms with Crippen molar-refractivity contribution < 1.29 is 0 Å². The van der Waals surface area contributed by atoms with E-state index in [0.717, 1.165) is 27.6 Å². The number of aromatic nitrogens is 1. The van der Waals surface area contributed by atoms with Crippen LogP contribution in [0.3, 0.4) is 0 Å². The van der Waals surface area contributed by atoms with Gasteiger partial charge in [-0.15, -0.1) is 11.6 Å². The summed E-state index contributed by atoms with van der Waals surface area (Å²) in [6.45, 7) is 0. The Morgan fingerprint density at radius 1 is 0.947 bits per heavy atom. The Morgan fingerprint density at radius 3 is 2.47 bits per heavy atom. The molecule has 0 saturated carbocycles. The van der Waals surface area contributed by atoms with Gasteiger partial charge in [0.05, 0.1) is 5.52 Å². The molecule has 94 valence electrons. The van der Waals surface area contributed by atoms with Crippen LogP contribution in [0.25, 0.3) is 22.0 Å². The Labute approximate surface area is 121 Å². The second kappa shape index (κ2) is 5.20. The van der Waals surface area contributed by atoms with Gasteiger partial charge >= 0.3 is 0 Å². The Balaban J connectivity index is 2.20. The lowest BCUT2D eigenvalue weighted by atomic mass is 10.0. The Morgan fingerprint density at radius 2 is 1.74 bits per heavy atom. The summed E-state index contributed by atoms with van der Waals surface area (Å²) in [4.78, 5) is 4.47. The SMILES string of the molecule is ClCc1ccc2cc(-c3ccccc3)c(Cl)nc2c1. The predicted molar refractivity (Wildman–Crippen MR) is 81.7 cm³/mol. The van der Waals surface area contributed by atoms with Crippen LogP contribution >= 0.6 is 23.2 Å². The highest BCUT2D eigenvalue weighted by Crippen LogP contribution is 2.30. The monoisotopic (exact) mass is 287 g/mol. The van der Waals surface area contributed by atoms with E-state index in [-0.39, 0.29) is 0 Å². The first-order chi connectivity index (χ1) is 9.28. The Kier molecular flexibility index (Phi) is 3.41. The minimum Gasteiger partial charge on any atom is -0.235 e. The fraction of sp³-hybridized carbons (Fsp3) is 0.0625. The quantitative estimate of drug-likeness (QED) is 0.461. The number of nitrogens with zero attached hydrogens (tertiary/aromatic N) is 1. The standard InChI is InChI=1S/C16H11Cl2N/c17-10-11-6-7-13-9-14(12-4-2-1-3-5-12)16(18)19-15(13)8-11/h1-9H,10H2. The molecule has 1 aromatic heterocycles. The average molecular weight is 288 g/mol. The second-order valence-electron chi connectivity index (χ2n) is 4.35. The third kappa shape index (κ3) is 2.44. The molecule has 0 aliphatic carbocycles. The maximum Gasteiger partial charge on any atom is 0.137 e. The summed E-state index contributed by atoms with van der Waals surface area (Å²) in [5.74, 6) is 0.482. The van der Waals surface area contributed by atoms with E-state index in [4.69, 9.17) is 23.2 Å². The van der Waals surface area contributed by atoms with Gasteiger partial charge in [0.25, 0.3) is 0 Å². The maximum absolute atomic E-state index is 6.29. The highest BCUT2D eigenvalue weighted by molar-refractivity contribution is 6.32. The predicted octanol–water partition coefficient (Wildman–Crippen LogP) is 5.29. The summed E-state index contributed by atoms with van der Waals surface area (Å²) >= 11 is 12.1. The fourth-order valence-electron chi connectivity index (χ4n) is 2.09. The largest absolute Gasteiger partial charge is 0.235 e. The van der Waals surface area contributed by atoms with E-state index in [2.05, 4.69) is 11.1 Å². The molecule has 1 nitrogen and oxygen atoms in total. The summed E-state index contributed by atoms with van der Waals surface area (Å²) in [7, 11) is 0. The summed E-state index contributed by atoms with van der Waals surface area (Å²) in [5.41, 5.74) is 3.95. The van der Waals surface area contributed by atoms with E-state index in [1.165, 1.54) is 0 Å². The van der Waals surface area contributed by atoms with Gasteiger partial charge in [-0.2, -0.15) is 0 Å². The van der Waals surface area contributed by atoms with Crippen molar-refractivity contribution in [2.24, 2.45) is 0 Å². The molecule has 1 heterocycles. The summed E-state index contributed by atoms with van der Waals surface area (Å²) in [6, 6.07) is 18.1. The van der Waals surface area contributed by atoms with Gasteiger partial charge < -0.3 is 0 Å². The Hall–Kier alpha value is -1.57. The average Bonchev–Trinajstić information content (AvgIpc) is 2.47. The molecule has 0 amide bonds. The molecule has 0 spiro atoms. The number of pyridine rings is 1. The zero-order chi connectivity index (χ0) is 13.2. The summed E-state index contributed by atoms with van der Waals surface area (Å²) in [5, 5.41) is 1.59. The van der Waals surface area contributed by atoms with Crippen LogP contribution in [0.15, 0.2) is 54.6 Å². The number of rotatable bonds is 2. The van der Waals surface area contributed by atoms with E-state index in [1.807, 2.05) is 48.5 Å². The number of benzene rings is 2. The minimum atomic E-state index is 0.482. The van der Waals surface area contributed by atoms with Gasteiger partial charge in [-0.05, 0) is 23.3 Å². The van der Waals surface area contributed by atoms with Crippen molar-refractivity contribution in [2.45, 2.75) is 5.88 Å². The van der Waals surface area contributed by atoms with Crippen LogP contribution in [0.2, 0.25) is 5.15 Å². The number of hydrogen-bond acceptors (Lipinski definition) is 1. The van der Waals surface area contributed by atoms with Gasteiger partial charge in [0.2, 0.25) is 0 Å². The second-order valence-corrected chi connectivity index (χ2v) is 4.98. The number of hydrogen-bond donors (Lipinski definition) is 0. The Bertz CT molecular complexity index is 723. The van der Waals surface area contributed by atoms with Crippen molar-refractivity contribution in [3.8, 4) is 11.1 Å². The lowest BCUT2D eigenvalue weighted by molar-refractivity contribution is 1.36. The molecule has 0 fully saturated rings. The minimum absolute atomic E-state index is 0.482. The molecule has 0 saturated heterocycles. The van der Waals surface area contributed by atoms with Crippen molar-refractivity contribution in [1.29, 1.82) is 0 Å². The first kappa shape index (κ1) is 12.5. The van der Waals surface area contributed by atoms with Crippen molar-refractivity contribution >= 4 is 34.1 Å². The van der Waals surface area contributed by atoms with Crippen molar-refractivity contribution in [1.82, 2.24) is 4.98 Å². The molecular formula is C16H11Cl2N. The first-order valence-corrected chi connectivity index (χ1v) is 6.90. The molecule has 0 unspecified atom stereocenters. The molecule has 0 bridgehead atoms. The zero-order valence-electron chi connectivity index (χ0n) is 10.1. The van der Waals surface area contributed by atoms with Gasteiger partial charge in [0, 0.05) is 16.8 Å². The van der Waals surface area contributed by atoms with E-state index in [1.54, 1.807) is 0 Å². The highest BCUT2D eigenvalue weighted by atomic mass is 35.5. The van der Waals surface area contributed by atoms with Crippen LogP contribution < -0.4 is 0 Å². The molecule has 0 atom stereocenters.